The first kappa shape index (κ1) is 17.5. The first-order valence-corrected chi connectivity index (χ1v) is 8.17. The molecule has 0 amide bonds. The molecule has 0 atom stereocenters. The summed E-state index contributed by atoms with van der Waals surface area (Å²) in [7, 11) is 0. The van der Waals surface area contributed by atoms with Crippen LogP contribution in [0.1, 0.15) is 27.2 Å². The molecule has 0 unspecified atom stereocenters. The van der Waals surface area contributed by atoms with Gasteiger partial charge < -0.3 is 9.52 Å². The summed E-state index contributed by atoms with van der Waals surface area (Å²) in [5.41, 5.74) is 3.04. The fourth-order valence-electron chi connectivity index (χ4n) is 2.60. The number of carboxylic acids is 1. The lowest BCUT2D eigenvalue weighted by Gasteiger charge is -2.04. The number of aryl methyl sites for hydroxylation is 1. The summed E-state index contributed by atoms with van der Waals surface area (Å²) in [6, 6.07) is 17.6. The Bertz CT molecular complexity index is 1040. The Hall–Kier alpha value is -3.29. The Morgan fingerprint density at radius 3 is 2.42 bits per heavy atom. The molecular weight excluding hydrogens is 350 g/mol. The fourth-order valence-corrected chi connectivity index (χ4v) is 2.73. The predicted octanol–water partition coefficient (Wildman–Crippen LogP) is 5.67. The van der Waals surface area contributed by atoms with E-state index in [2.05, 4.69) is 6.07 Å². The van der Waals surface area contributed by atoms with Gasteiger partial charge in [0.15, 0.2) is 0 Å². The summed E-state index contributed by atoms with van der Waals surface area (Å²) in [5, 5.41) is 19.1. The molecule has 1 N–H and O–H groups in total. The normalized spacial score (nSPS) is 11.2. The lowest BCUT2D eigenvalue weighted by molar-refractivity contribution is 0.0697. The summed E-state index contributed by atoms with van der Waals surface area (Å²) in [5.74, 6) is 0.177. The van der Waals surface area contributed by atoms with Gasteiger partial charge >= 0.3 is 5.97 Å². The zero-order chi connectivity index (χ0) is 18.7. The van der Waals surface area contributed by atoms with Crippen LogP contribution in [0.15, 0.2) is 59.0 Å². The van der Waals surface area contributed by atoms with E-state index in [1.165, 1.54) is 6.07 Å². The maximum absolute atomic E-state index is 11.0. The fraction of sp³-hybridized carbons (Fsp3) is 0.0476. The molecule has 0 saturated heterocycles. The minimum absolute atomic E-state index is 0.229. The largest absolute Gasteiger partial charge is 0.478 e. The van der Waals surface area contributed by atoms with Crippen molar-refractivity contribution < 1.29 is 14.3 Å². The monoisotopic (exact) mass is 363 g/mol. The second-order valence-corrected chi connectivity index (χ2v) is 6.15. The van der Waals surface area contributed by atoms with Crippen molar-refractivity contribution in [2.45, 2.75) is 6.92 Å². The molecule has 128 valence electrons. The van der Waals surface area contributed by atoms with Crippen LogP contribution in [0.25, 0.3) is 23.0 Å². The molecule has 0 spiro atoms. The van der Waals surface area contributed by atoms with Crippen LogP contribution in [0, 0.1) is 18.3 Å². The first-order valence-electron chi connectivity index (χ1n) is 7.80. The number of aromatic carboxylic acids is 1. The van der Waals surface area contributed by atoms with E-state index in [1.807, 2.05) is 6.92 Å². The highest BCUT2D eigenvalue weighted by molar-refractivity contribution is 6.30. The molecule has 26 heavy (non-hydrogen) atoms. The van der Waals surface area contributed by atoms with Gasteiger partial charge in [0.2, 0.25) is 0 Å². The number of carbonyl (C=O) groups is 1. The highest BCUT2D eigenvalue weighted by Gasteiger charge is 2.11. The Morgan fingerprint density at radius 1 is 1.12 bits per heavy atom. The van der Waals surface area contributed by atoms with Crippen molar-refractivity contribution in [1.82, 2.24) is 0 Å². The third kappa shape index (κ3) is 3.69. The van der Waals surface area contributed by atoms with Crippen molar-refractivity contribution in [1.29, 1.82) is 5.26 Å². The van der Waals surface area contributed by atoms with Crippen LogP contribution in [0.4, 0.5) is 0 Å². The second-order valence-electron chi connectivity index (χ2n) is 5.71. The number of allylic oxidation sites excluding steroid dienone is 1. The number of carboxylic acid groups (broad SMARTS) is 1. The quantitative estimate of drug-likeness (QED) is 0.606. The van der Waals surface area contributed by atoms with Crippen molar-refractivity contribution in [3.63, 3.8) is 0 Å². The summed E-state index contributed by atoms with van der Waals surface area (Å²) in [6.07, 6.45) is 1.66. The van der Waals surface area contributed by atoms with E-state index in [4.69, 9.17) is 21.1 Å². The van der Waals surface area contributed by atoms with Gasteiger partial charge in [-0.2, -0.15) is 5.26 Å². The Morgan fingerprint density at radius 2 is 1.81 bits per heavy atom. The lowest BCUT2D eigenvalue weighted by atomic mass is 10.0. The molecule has 0 bridgehead atoms. The highest BCUT2D eigenvalue weighted by Crippen LogP contribution is 2.28. The second kappa shape index (κ2) is 7.30. The SMILES string of the molecule is Cc1cc(C(=O)O)ccc1-c1ccc(/C=C(/C#N)c2ccc(Cl)cc2)o1. The van der Waals surface area contributed by atoms with Gasteiger partial charge in [0.25, 0.3) is 0 Å². The van der Waals surface area contributed by atoms with Crippen molar-refractivity contribution in [3.8, 4) is 17.4 Å². The molecule has 1 aromatic heterocycles. The number of hydrogen-bond donors (Lipinski definition) is 1. The van der Waals surface area contributed by atoms with Crippen molar-refractivity contribution in [2.75, 3.05) is 0 Å². The van der Waals surface area contributed by atoms with Crippen molar-refractivity contribution in [3.05, 3.63) is 82.1 Å². The summed E-state index contributed by atoms with van der Waals surface area (Å²) >= 11 is 5.88. The van der Waals surface area contributed by atoms with Gasteiger partial charge in [0, 0.05) is 10.6 Å². The van der Waals surface area contributed by atoms with Crippen LogP contribution < -0.4 is 0 Å². The van der Waals surface area contributed by atoms with Gasteiger partial charge in [-0.3, -0.25) is 0 Å². The van der Waals surface area contributed by atoms with Crippen molar-refractivity contribution >= 4 is 29.2 Å². The average Bonchev–Trinajstić information content (AvgIpc) is 3.08. The van der Waals surface area contributed by atoms with E-state index in [0.29, 0.717) is 22.1 Å². The van der Waals surface area contributed by atoms with E-state index < -0.39 is 5.97 Å². The number of halogens is 1. The number of nitrogens with zero attached hydrogens (tertiary/aromatic N) is 1. The Kier molecular flexibility index (Phi) is 4.92. The third-order valence-corrected chi connectivity index (χ3v) is 4.18. The highest BCUT2D eigenvalue weighted by atomic mass is 35.5. The van der Waals surface area contributed by atoms with Gasteiger partial charge in [0.1, 0.15) is 11.5 Å². The van der Waals surface area contributed by atoms with E-state index in [-0.39, 0.29) is 5.56 Å². The molecule has 4 nitrogen and oxygen atoms in total. The number of furan rings is 1. The maximum atomic E-state index is 11.0. The number of nitriles is 1. The van der Waals surface area contributed by atoms with Gasteiger partial charge in [-0.05, 0) is 60.5 Å². The first-order chi connectivity index (χ1) is 12.5. The van der Waals surface area contributed by atoms with Gasteiger partial charge in [0.05, 0.1) is 17.2 Å². The summed E-state index contributed by atoms with van der Waals surface area (Å²) in [6.45, 7) is 1.83. The third-order valence-electron chi connectivity index (χ3n) is 3.93. The molecule has 0 aliphatic carbocycles. The van der Waals surface area contributed by atoms with Crippen LogP contribution in [-0.4, -0.2) is 11.1 Å². The zero-order valence-corrected chi connectivity index (χ0v) is 14.6. The molecule has 0 aliphatic heterocycles. The topological polar surface area (TPSA) is 74.2 Å². The average molecular weight is 364 g/mol. The molecule has 5 heteroatoms. The Balaban J connectivity index is 1.93. The van der Waals surface area contributed by atoms with Crippen LogP contribution in [-0.2, 0) is 0 Å². The van der Waals surface area contributed by atoms with Gasteiger partial charge in [-0.15, -0.1) is 0 Å². The smallest absolute Gasteiger partial charge is 0.335 e. The zero-order valence-electron chi connectivity index (χ0n) is 13.9. The Labute approximate surface area is 155 Å². The van der Waals surface area contributed by atoms with E-state index >= 15 is 0 Å². The summed E-state index contributed by atoms with van der Waals surface area (Å²) < 4.78 is 5.83. The van der Waals surface area contributed by atoms with Crippen LogP contribution in [0.2, 0.25) is 5.02 Å². The number of rotatable bonds is 4. The van der Waals surface area contributed by atoms with Crippen molar-refractivity contribution in [2.24, 2.45) is 0 Å². The lowest BCUT2D eigenvalue weighted by Crippen LogP contribution is -1.96. The molecule has 0 radical (unpaired) electrons. The van der Waals surface area contributed by atoms with E-state index in [9.17, 15) is 10.1 Å². The minimum atomic E-state index is -0.968. The maximum Gasteiger partial charge on any atom is 0.335 e. The number of hydrogen-bond acceptors (Lipinski definition) is 3. The molecule has 3 aromatic rings. The number of benzene rings is 2. The predicted molar refractivity (Wildman–Crippen MR) is 101 cm³/mol. The van der Waals surface area contributed by atoms with Gasteiger partial charge in [-0.1, -0.05) is 29.8 Å². The van der Waals surface area contributed by atoms with Crippen LogP contribution in [0.5, 0.6) is 0 Å². The molecule has 2 aromatic carbocycles. The summed E-state index contributed by atoms with van der Waals surface area (Å²) in [4.78, 5) is 11.0. The molecule has 0 fully saturated rings. The molecular formula is C21H14ClNO3. The molecule has 3 rings (SSSR count). The standard InChI is InChI=1S/C21H14ClNO3/c1-13-10-15(21(24)25)4-8-19(13)20-9-7-18(26-20)11-16(12-23)14-2-5-17(22)6-3-14/h2-11H,1H3,(H,24,25)/b16-11-. The van der Waals surface area contributed by atoms with E-state index in [1.54, 1.807) is 54.6 Å². The van der Waals surface area contributed by atoms with Crippen LogP contribution in [0.3, 0.4) is 0 Å². The minimum Gasteiger partial charge on any atom is -0.478 e. The molecule has 0 aliphatic rings. The molecule has 0 saturated carbocycles. The van der Waals surface area contributed by atoms with Gasteiger partial charge in [-0.25, -0.2) is 4.79 Å². The van der Waals surface area contributed by atoms with E-state index in [0.717, 1.165) is 16.7 Å². The van der Waals surface area contributed by atoms with Crippen LogP contribution >= 0.6 is 11.6 Å². The molecule has 1 heterocycles.